The van der Waals surface area contributed by atoms with Gasteiger partial charge in [0.05, 0.1) is 17.4 Å². The third-order valence-electron chi connectivity index (χ3n) is 4.70. The zero-order chi connectivity index (χ0) is 18.1. The molecule has 26 heavy (non-hydrogen) atoms. The van der Waals surface area contributed by atoms with Crippen LogP contribution in [0.25, 0.3) is 22.0 Å². The molecule has 0 saturated heterocycles. The first-order chi connectivity index (χ1) is 12.6. The molecule has 0 amide bonds. The van der Waals surface area contributed by atoms with Gasteiger partial charge in [-0.25, -0.2) is 4.98 Å². The highest BCUT2D eigenvalue weighted by atomic mass is 16.1. The van der Waals surface area contributed by atoms with Gasteiger partial charge in [0.15, 0.2) is 0 Å². The summed E-state index contributed by atoms with van der Waals surface area (Å²) in [6.45, 7) is 2.41. The molecule has 0 saturated carbocycles. The Bertz CT molecular complexity index is 1130. The van der Waals surface area contributed by atoms with Crippen LogP contribution in [0, 0.1) is 6.92 Å². The fourth-order valence-electron chi connectivity index (χ4n) is 3.25. The third-order valence-corrected chi connectivity index (χ3v) is 4.70. The van der Waals surface area contributed by atoms with Gasteiger partial charge in [0.2, 0.25) is 0 Å². The molecule has 0 fully saturated rings. The van der Waals surface area contributed by atoms with E-state index in [1.54, 1.807) is 4.57 Å². The Balaban J connectivity index is 1.70. The lowest BCUT2D eigenvalue weighted by atomic mass is 9.95. The quantitative estimate of drug-likeness (QED) is 0.539. The van der Waals surface area contributed by atoms with Crippen LogP contribution in [0.4, 0.5) is 0 Å². The summed E-state index contributed by atoms with van der Waals surface area (Å²) in [7, 11) is 1.99. The van der Waals surface area contributed by atoms with Gasteiger partial charge >= 0.3 is 0 Å². The zero-order valence-electron chi connectivity index (χ0n) is 14.9. The first-order valence-corrected chi connectivity index (χ1v) is 8.74. The van der Waals surface area contributed by atoms with Crippen molar-refractivity contribution in [2.75, 3.05) is 0 Å². The second-order valence-corrected chi connectivity index (χ2v) is 6.63. The molecule has 0 N–H and O–H groups in total. The summed E-state index contributed by atoms with van der Waals surface area (Å²) in [5.41, 5.74) is 5.29. The Kier molecular flexibility index (Phi) is 4.17. The van der Waals surface area contributed by atoms with Crippen LogP contribution in [-0.2, 0) is 6.54 Å². The highest BCUT2D eigenvalue weighted by Crippen LogP contribution is 2.19. The van der Waals surface area contributed by atoms with Crippen LogP contribution in [0.3, 0.4) is 0 Å². The van der Waals surface area contributed by atoms with Crippen molar-refractivity contribution >= 4 is 24.2 Å². The maximum Gasteiger partial charge on any atom is 0.261 e. The van der Waals surface area contributed by atoms with E-state index in [1.807, 2.05) is 51.2 Å². The number of aromatic nitrogens is 2. The van der Waals surface area contributed by atoms with Crippen molar-refractivity contribution in [1.29, 1.82) is 0 Å². The van der Waals surface area contributed by atoms with E-state index in [2.05, 4.69) is 41.4 Å². The van der Waals surface area contributed by atoms with Gasteiger partial charge in [-0.15, -0.1) is 0 Å². The Morgan fingerprint density at radius 1 is 0.923 bits per heavy atom. The molecule has 126 valence electrons. The smallest absolute Gasteiger partial charge is 0.261 e. The second kappa shape index (κ2) is 6.64. The molecule has 4 heteroatoms. The summed E-state index contributed by atoms with van der Waals surface area (Å²) >= 11 is 0. The van der Waals surface area contributed by atoms with E-state index in [0.29, 0.717) is 11.9 Å². The van der Waals surface area contributed by atoms with Crippen LogP contribution in [0.5, 0.6) is 0 Å². The van der Waals surface area contributed by atoms with Crippen LogP contribution in [-0.4, -0.2) is 17.4 Å². The molecule has 0 spiro atoms. The molecule has 0 bridgehead atoms. The molecule has 0 radical (unpaired) electrons. The average molecular weight is 338 g/mol. The van der Waals surface area contributed by atoms with E-state index in [9.17, 15) is 4.79 Å². The SMILES string of the molecule is Bc1ccc2nc(C)n(Cc3ccc(-c4ccccc4)cc3)c(=O)c2c1. The first-order valence-electron chi connectivity index (χ1n) is 8.74. The predicted octanol–water partition coefficient (Wildman–Crippen LogP) is 2.68. The van der Waals surface area contributed by atoms with Crippen LogP contribution in [0.1, 0.15) is 11.4 Å². The standard InChI is InChI=1S/C22H19BN2O/c1-15-24-21-12-11-19(23)13-20(21)22(26)25(15)14-16-7-9-18(10-8-16)17-5-3-2-4-6-17/h2-13H,14,23H2,1H3. The van der Waals surface area contributed by atoms with Crippen LogP contribution < -0.4 is 11.0 Å². The lowest BCUT2D eigenvalue weighted by molar-refractivity contribution is 0.713. The Morgan fingerprint density at radius 3 is 2.35 bits per heavy atom. The molecule has 4 rings (SSSR count). The van der Waals surface area contributed by atoms with Crippen molar-refractivity contribution < 1.29 is 0 Å². The molecule has 0 atom stereocenters. The van der Waals surface area contributed by atoms with E-state index in [0.717, 1.165) is 22.4 Å². The van der Waals surface area contributed by atoms with Crippen molar-refractivity contribution in [3.05, 3.63) is 94.5 Å². The van der Waals surface area contributed by atoms with E-state index < -0.39 is 0 Å². The maximum absolute atomic E-state index is 12.9. The van der Waals surface area contributed by atoms with Gasteiger partial charge in [-0.05, 0) is 29.7 Å². The highest BCUT2D eigenvalue weighted by molar-refractivity contribution is 6.33. The predicted molar refractivity (Wildman–Crippen MR) is 110 cm³/mol. The molecule has 3 aromatic carbocycles. The van der Waals surface area contributed by atoms with Gasteiger partial charge in [-0.3, -0.25) is 9.36 Å². The number of fused-ring (bicyclic) bond motifs is 1. The van der Waals surface area contributed by atoms with Crippen LogP contribution in [0.15, 0.2) is 77.6 Å². The lowest BCUT2D eigenvalue weighted by Gasteiger charge is -2.12. The molecule has 1 heterocycles. The molecule has 0 unspecified atom stereocenters. The molecular formula is C22H19BN2O. The highest BCUT2D eigenvalue weighted by Gasteiger charge is 2.09. The first kappa shape index (κ1) is 16.3. The summed E-state index contributed by atoms with van der Waals surface area (Å²) in [5.74, 6) is 0.735. The molecule has 0 aliphatic heterocycles. The second-order valence-electron chi connectivity index (χ2n) is 6.63. The Labute approximate surface area is 153 Å². The van der Waals surface area contributed by atoms with E-state index in [1.165, 1.54) is 11.1 Å². The third kappa shape index (κ3) is 3.06. The number of hydrogen-bond acceptors (Lipinski definition) is 2. The fraction of sp³-hybridized carbons (Fsp3) is 0.0909. The summed E-state index contributed by atoms with van der Waals surface area (Å²) in [6, 6.07) is 24.5. The number of aryl methyl sites for hydroxylation is 1. The fourth-order valence-corrected chi connectivity index (χ4v) is 3.25. The number of hydrogen-bond donors (Lipinski definition) is 0. The minimum atomic E-state index is 0.0170. The van der Waals surface area contributed by atoms with Gasteiger partial charge in [0.1, 0.15) is 13.7 Å². The van der Waals surface area contributed by atoms with Crippen LogP contribution in [0.2, 0.25) is 0 Å². The Morgan fingerprint density at radius 2 is 1.62 bits per heavy atom. The Hall–Kier alpha value is -3.14. The van der Waals surface area contributed by atoms with E-state index >= 15 is 0 Å². The monoisotopic (exact) mass is 338 g/mol. The maximum atomic E-state index is 12.9. The summed E-state index contributed by atoms with van der Waals surface area (Å²) < 4.78 is 1.75. The van der Waals surface area contributed by atoms with Crippen molar-refractivity contribution in [3.63, 3.8) is 0 Å². The number of rotatable bonds is 3. The molecule has 0 aliphatic rings. The van der Waals surface area contributed by atoms with E-state index in [4.69, 9.17) is 0 Å². The van der Waals surface area contributed by atoms with Crippen molar-refractivity contribution in [2.24, 2.45) is 0 Å². The van der Waals surface area contributed by atoms with Gasteiger partial charge < -0.3 is 0 Å². The van der Waals surface area contributed by atoms with Crippen molar-refractivity contribution in [1.82, 2.24) is 9.55 Å². The van der Waals surface area contributed by atoms with E-state index in [-0.39, 0.29) is 5.56 Å². The normalized spacial score (nSPS) is 11.0. The number of benzene rings is 3. The van der Waals surface area contributed by atoms with Crippen molar-refractivity contribution in [2.45, 2.75) is 13.5 Å². The summed E-state index contributed by atoms with van der Waals surface area (Å²) in [6.07, 6.45) is 0. The van der Waals surface area contributed by atoms with Gasteiger partial charge in [0.25, 0.3) is 5.56 Å². The topological polar surface area (TPSA) is 34.9 Å². The molecule has 3 nitrogen and oxygen atoms in total. The van der Waals surface area contributed by atoms with Gasteiger partial charge in [0, 0.05) is 0 Å². The van der Waals surface area contributed by atoms with Crippen molar-refractivity contribution in [3.8, 4) is 11.1 Å². The lowest BCUT2D eigenvalue weighted by Crippen LogP contribution is -2.25. The molecular weight excluding hydrogens is 319 g/mol. The largest absolute Gasteiger partial charge is 0.292 e. The summed E-state index contributed by atoms with van der Waals surface area (Å²) in [5, 5.41) is 0.677. The van der Waals surface area contributed by atoms with Gasteiger partial charge in [-0.1, -0.05) is 72.2 Å². The van der Waals surface area contributed by atoms with Crippen LogP contribution >= 0.6 is 0 Å². The molecule has 0 aliphatic carbocycles. The zero-order valence-corrected chi connectivity index (χ0v) is 14.9. The minimum absolute atomic E-state index is 0.0170. The average Bonchev–Trinajstić information content (AvgIpc) is 2.67. The molecule has 1 aromatic heterocycles. The summed E-state index contributed by atoms with van der Waals surface area (Å²) in [4.78, 5) is 17.5. The number of nitrogens with zero attached hydrogens (tertiary/aromatic N) is 2. The van der Waals surface area contributed by atoms with Gasteiger partial charge in [-0.2, -0.15) is 0 Å². The molecule has 4 aromatic rings. The minimum Gasteiger partial charge on any atom is -0.292 e.